The van der Waals surface area contributed by atoms with Crippen molar-refractivity contribution in [1.82, 2.24) is 19.7 Å². The fraction of sp³-hybridized carbons (Fsp3) is 0.115. The van der Waals surface area contributed by atoms with E-state index in [0.717, 1.165) is 50.4 Å². The molecule has 5 rings (SSSR count). The Bertz CT molecular complexity index is 1360. The van der Waals surface area contributed by atoms with Gasteiger partial charge in [0, 0.05) is 47.8 Å². The summed E-state index contributed by atoms with van der Waals surface area (Å²) >= 11 is 0. The molecule has 0 aliphatic carbocycles. The number of methoxy groups -OCH3 is 1. The minimum Gasteiger partial charge on any atom is -0.497 e. The van der Waals surface area contributed by atoms with Crippen molar-refractivity contribution in [1.29, 1.82) is 0 Å². The van der Waals surface area contributed by atoms with Crippen molar-refractivity contribution in [2.75, 3.05) is 12.4 Å². The van der Waals surface area contributed by atoms with Gasteiger partial charge in [-0.1, -0.05) is 18.2 Å². The maximum absolute atomic E-state index is 5.28. The van der Waals surface area contributed by atoms with Crippen LogP contribution in [0.25, 0.3) is 33.3 Å². The average Bonchev–Trinajstić information content (AvgIpc) is 3.24. The van der Waals surface area contributed by atoms with E-state index < -0.39 is 0 Å². The number of aromatic nitrogens is 4. The summed E-state index contributed by atoms with van der Waals surface area (Å²) in [5.74, 6) is 0.838. The lowest BCUT2D eigenvalue weighted by Gasteiger charge is -2.09. The molecule has 0 amide bonds. The first kappa shape index (κ1) is 19.8. The number of nitrogens with zero attached hydrogens (tertiary/aromatic N) is 4. The molecule has 0 aliphatic rings. The summed E-state index contributed by atoms with van der Waals surface area (Å²) in [6, 6.07) is 22.4. The van der Waals surface area contributed by atoms with Crippen LogP contribution in [0.2, 0.25) is 0 Å². The maximum Gasteiger partial charge on any atom is 0.119 e. The second kappa shape index (κ2) is 8.51. The Hall–Kier alpha value is -4.19. The normalized spacial score (nSPS) is 10.9. The first-order valence-electron chi connectivity index (χ1n) is 10.4. The molecule has 0 aliphatic heterocycles. The first-order valence-corrected chi connectivity index (χ1v) is 10.4. The Morgan fingerprint density at radius 2 is 1.72 bits per heavy atom. The van der Waals surface area contributed by atoms with E-state index in [1.807, 2.05) is 54.3 Å². The summed E-state index contributed by atoms with van der Waals surface area (Å²) in [5, 5.41) is 9.20. The van der Waals surface area contributed by atoms with Gasteiger partial charge in [0.25, 0.3) is 0 Å². The lowest BCUT2D eigenvalue weighted by atomic mass is 10.0. The highest BCUT2D eigenvalue weighted by molar-refractivity contribution is 5.81. The van der Waals surface area contributed by atoms with E-state index in [9.17, 15) is 0 Å². The molecule has 158 valence electrons. The van der Waals surface area contributed by atoms with E-state index in [1.54, 1.807) is 19.5 Å². The van der Waals surface area contributed by atoms with Crippen molar-refractivity contribution in [3.05, 3.63) is 91.0 Å². The highest BCUT2D eigenvalue weighted by Crippen LogP contribution is 2.31. The monoisotopic (exact) mass is 421 g/mol. The molecule has 0 fully saturated rings. The van der Waals surface area contributed by atoms with Crippen molar-refractivity contribution in [3.8, 4) is 28.1 Å². The number of hydrogen-bond acceptors (Lipinski definition) is 5. The molecule has 0 radical (unpaired) electrons. The van der Waals surface area contributed by atoms with E-state index >= 15 is 0 Å². The van der Waals surface area contributed by atoms with Crippen molar-refractivity contribution >= 4 is 16.6 Å². The molecule has 0 unspecified atom stereocenters. The van der Waals surface area contributed by atoms with Crippen LogP contribution >= 0.6 is 0 Å². The average molecular weight is 422 g/mol. The highest BCUT2D eigenvalue weighted by Gasteiger charge is 2.12. The molecule has 0 atom stereocenters. The molecular weight excluding hydrogens is 398 g/mol. The van der Waals surface area contributed by atoms with Crippen LogP contribution in [0, 0.1) is 0 Å². The van der Waals surface area contributed by atoms with E-state index in [4.69, 9.17) is 9.72 Å². The van der Waals surface area contributed by atoms with Gasteiger partial charge in [-0.25, -0.2) is 0 Å². The predicted octanol–water partition coefficient (Wildman–Crippen LogP) is 5.32. The predicted molar refractivity (Wildman–Crippen MR) is 127 cm³/mol. The summed E-state index contributed by atoms with van der Waals surface area (Å²) < 4.78 is 7.13. The van der Waals surface area contributed by atoms with Gasteiger partial charge in [-0.2, -0.15) is 5.10 Å². The molecule has 3 aromatic heterocycles. The largest absolute Gasteiger partial charge is 0.497 e. The molecule has 1 N–H and O–H groups in total. The van der Waals surface area contributed by atoms with Gasteiger partial charge < -0.3 is 10.1 Å². The number of anilines is 1. The van der Waals surface area contributed by atoms with Gasteiger partial charge >= 0.3 is 0 Å². The SMILES string of the molecule is COc1ccc2nc(CNc3ccc(-c4nn(C)cc4-c4ccncc4)cc3)ccc2c1. The molecule has 6 heteroatoms. The van der Waals surface area contributed by atoms with Crippen molar-refractivity contribution < 1.29 is 4.74 Å². The van der Waals surface area contributed by atoms with Crippen LogP contribution in [0.3, 0.4) is 0 Å². The van der Waals surface area contributed by atoms with E-state index in [-0.39, 0.29) is 0 Å². The van der Waals surface area contributed by atoms with Gasteiger partial charge in [0.15, 0.2) is 0 Å². The van der Waals surface area contributed by atoms with Crippen LogP contribution in [-0.4, -0.2) is 26.9 Å². The van der Waals surface area contributed by atoms with Gasteiger partial charge in [0.05, 0.1) is 24.9 Å². The quantitative estimate of drug-likeness (QED) is 0.402. The molecule has 0 saturated heterocycles. The lowest BCUT2D eigenvalue weighted by molar-refractivity contribution is 0.415. The summed E-state index contributed by atoms with van der Waals surface area (Å²) in [6.07, 6.45) is 5.64. The highest BCUT2D eigenvalue weighted by atomic mass is 16.5. The fourth-order valence-electron chi connectivity index (χ4n) is 3.75. The van der Waals surface area contributed by atoms with E-state index in [2.05, 4.69) is 45.7 Å². The number of hydrogen-bond donors (Lipinski definition) is 1. The van der Waals surface area contributed by atoms with Gasteiger partial charge in [0.1, 0.15) is 11.4 Å². The van der Waals surface area contributed by atoms with Crippen LogP contribution in [0.5, 0.6) is 5.75 Å². The molecule has 3 heterocycles. The number of aryl methyl sites for hydroxylation is 1. The molecule has 5 aromatic rings. The minimum absolute atomic E-state index is 0.646. The van der Waals surface area contributed by atoms with Crippen LogP contribution in [0.4, 0.5) is 5.69 Å². The zero-order chi connectivity index (χ0) is 21.9. The van der Waals surface area contributed by atoms with Gasteiger partial charge in [0.2, 0.25) is 0 Å². The van der Waals surface area contributed by atoms with Crippen LogP contribution in [0.15, 0.2) is 85.3 Å². The van der Waals surface area contributed by atoms with Crippen molar-refractivity contribution in [2.45, 2.75) is 6.54 Å². The van der Waals surface area contributed by atoms with Crippen LogP contribution < -0.4 is 10.1 Å². The minimum atomic E-state index is 0.646. The molecule has 0 spiro atoms. The topological polar surface area (TPSA) is 64.9 Å². The number of ether oxygens (including phenoxy) is 1. The number of fused-ring (bicyclic) bond motifs is 1. The Morgan fingerprint density at radius 3 is 2.50 bits per heavy atom. The summed E-state index contributed by atoms with van der Waals surface area (Å²) in [6.45, 7) is 0.646. The zero-order valence-electron chi connectivity index (χ0n) is 18.0. The third-order valence-electron chi connectivity index (χ3n) is 5.41. The van der Waals surface area contributed by atoms with Crippen molar-refractivity contribution in [2.24, 2.45) is 7.05 Å². The second-order valence-corrected chi connectivity index (χ2v) is 7.59. The Balaban J connectivity index is 1.32. The molecular formula is C26H23N5O. The summed E-state index contributed by atoms with van der Waals surface area (Å²) in [4.78, 5) is 8.86. The molecule has 0 bridgehead atoms. The molecule has 0 saturated carbocycles. The van der Waals surface area contributed by atoms with E-state index in [1.165, 1.54) is 0 Å². The lowest BCUT2D eigenvalue weighted by Crippen LogP contribution is -2.01. The summed E-state index contributed by atoms with van der Waals surface area (Å²) in [7, 11) is 3.61. The number of rotatable bonds is 6. The summed E-state index contributed by atoms with van der Waals surface area (Å²) in [5.41, 5.74) is 7.19. The molecule has 2 aromatic carbocycles. The van der Waals surface area contributed by atoms with Gasteiger partial charge in [-0.3, -0.25) is 14.6 Å². The standard InChI is InChI=1S/C26H23N5O/c1-31-17-24(18-11-13-27-14-12-18)26(30-31)19-3-6-21(7-4-19)28-16-22-8-5-20-15-23(32-2)9-10-25(20)29-22/h3-15,17,28H,16H2,1-2H3. The maximum atomic E-state index is 5.28. The molecule has 32 heavy (non-hydrogen) atoms. The Labute approximate surface area is 186 Å². The first-order chi connectivity index (χ1) is 15.7. The van der Waals surface area contributed by atoms with Gasteiger partial charge in [-0.15, -0.1) is 0 Å². The number of benzene rings is 2. The third-order valence-corrected chi connectivity index (χ3v) is 5.41. The fourth-order valence-corrected chi connectivity index (χ4v) is 3.75. The second-order valence-electron chi connectivity index (χ2n) is 7.59. The molecule has 6 nitrogen and oxygen atoms in total. The van der Waals surface area contributed by atoms with Crippen molar-refractivity contribution in [3.63, 3.8) is 0 Å². The number of pyridine rings is 2. The Kier molecular flexibility index (Phi) is 5.25. The third kappa shape index (κ3) is 4.03. The van der Waals surface area contributed by atoms with Gasteiger partial charge in [-0.05, 0) is 54.1 Å². The smallest absolute Gasteiger partial charge is 0.119 e. The Morgan fingerprint density at radius 1 is 0.906 bits per heavy atom. The van der Waals surface area contributed by atoms with E-state index in [0.29, 0.717) is 6.54 Å². The zero-order valence-corrected chi connectivity index (χ0v) is 18.0. The number of nitrogens with one attached hydrogen (secondary N) is 1. The van der Waals surface area contributed by atoms with Crippen LogP contribution in [-0.2, 0) is 13.6 Å². The van der Waals surface area contributed by atoms with Crippen LogP contribution in [0.1, 0.15) is 5.69 Å².